The first-order valence-electron chi connectivity index (χ1n) is 9.44. The first kappa shape index (κ1) is 17.0. The highest BCUT2D eigenvalue weighted by atomic mass is 16.5. The molecule has 1 aliphatic rings. The number of aromatic nitrogens is 2. The highest BCUT2D eigenvalue weighted by molar-refractivity contribution is 5.67. The summed E-state index contributed by atoms with van der Waals surface area (Å²) < 4.78 is 5.57. The van der Waals surface area contributed by atoms with Crippen LogP contribution in [0.2, 0.25) is 0 Å². The standard InChI is InChI=1S/C22H25N3O/c1-16(2)25-14-6-9-20(15-25)21-23-22(26-24-21)19-12-10-18(11-13-19)17-7-4-3-5-8-17/h3-5,7-8,10-13,16,20H,6,9,14-15H2,1-2H3. The lowest BCUT2D eigenvalue weighted by atomic mass is 9.96. The van der Waals surface area contributed by atoms with Gasteiger partial charge in [-0.2, -0.15) is 4.98 Å². The zero-order valence-electron chi connectivity index (χ0n) is 15.4. The lowest BCUT2D eigenvalue weighted by Gasteiger charge is -2.34. The molecule has 26 heavy (non-hydrogen) atoms. The first-order valence-corrected chi connectivity index (χ1v) is 9.44. The summed E-state index contributed by atoms with van der Waals surface area (Å²) in [6.45, 7) is 6.68. The van der Waals surface area contributed by atoms with Crippen LogP contribution in [0.4, 0.5) is 0 Å². The van der Waals surface area contributed by atoms with Gasteiger partial charge in [0.15, 0.2) is 5.82 Å². The molecule has 4 rings (SSSR count). The fourth-order valence-electron chi connectivity index (χ4n) is 3.64. The van der Waals surface area contributed by atoms with Gasteiger partial charge in [-0.1, -0.05) is 47.6 Å². The smallest absolute Gasteiger partial charge is 0.257 e. The molecule has 4 nitrogen and oxygen atoms in total. The number of hydrogen-bond donors (Lipinski definition) is 0. The second kappa shape index (κ2) is 7.42. The third kappa shape index (κ3) is 3.56. The maximum Gasteiger partial charge on any atom is 0.257 e. The number of likely N-dealkylation sites (tertiary alicyclic amines) is 1. The Morgan fingerprint density at radius 2 is 1.65 bits per heavy atom. The van der Waals surface area contributed by atoms with E-state index in [2.05, 4.69) is 72.4 Å². The number of hydrogen-bond acceptors (Lipinski definition) is 4. The van der Waals surface area contributed by atoms with Crippen molar-refractivity contribution in [2.75, 3.05) is 13.1 Å². The Kier molecular flexibility index (Phi) is 4.85. The van der Waals surface area contributed by atoms with Crippen LogP contribution in [-0.2, 0) is 0 Å². The fraction of sp³-hybridized carbons (Fsp3) is 0.364. The van der Waals surface area contributed by atoms with E-state index in [-0.39, 0.29) is 0 Å². The lowest BCUT2D eigenvalue weighted by molar-refractivity contribution is 0.163. The second-order valence-electron chi connectivity index (χ2n) is 7.33. The summed E-state index contributed by atoms with van der Waals surface area (Å²) in [6.07, 6.45) is 2.33. The molecule has 0 spiro atoms. The first-order chi connectivity index (χ1) is 12.7. The van der Waals surface area contributed by atoms with Gasteiger partial charge >= 0.3 is 0 Å². The molecule has 134 valence electrons. The van der Waals surface area contributed by atoms with E-state index in [1.165, 1.54) is 24.1 Å². The largest absolute Gasteiger partial charge is 0.334 e. The van der Waals surface area contributed by atoms with Crippen molar-refractivity contribution in [3.8, 4) is 22.6 Å². The Hall–Kier alpha value is -2.46. The molecular weight excluding hydrogens is 322 g/mol. The van der Waals surface area contributed by atoms with Crippen molar-refractivity contribution in [2.45, 2.75) is 38.6 Å². The molecule has 0 amide bonds. The predicted molar refractivity (Wildman–Crippen MR) is 104 cm³/mol. The van der Waals surface area contributed by atoms with Crippen molar-refractivity contribution in [3.05, 3.63) is 60.4 Å². The Balaban J connectivity index is 1.51. The topological polar surface area (TPSA) is 42.2 Å². The summed E-state index contributed by atoms with van der Waals surface area (Å²) in [6, 6.07) is 19.3. The van der Waals surface area contributed by atoms with Crippen molar-refractivity contribution >= 4 is 0 Å². The van der Waals surface area contributed by atoms with Gasteiger partial charge in [0, 0.05) is 24.1 Å². The molecule has 3 aromatic rings. The molecule has 1 atom stereocenters. The minimum absolute atomic E-state index is 0.368. The van der Waals surface area contributed by atoms with E-state index in [0.717, 1.165) is 24.4 Å². The Labute approximate surface area is 154 Å². The summed E-state index contributed by atoms with van der Waals surface area (Å²) in [7, 11) is 0. The summed E-state index contributed by atoms with van der Waals surface area (Å²) in [5.74, 6) is 1.83. The SMILES string of the molecule is CC(C)N1CCCC(c2noc(-c3ccc(-c4ccccc4)cc3)n2)C1. The third-order valence-corrected chi connectivity index (χ3v) is 5.23. The van der Waals surface area contributed by atoms with Gasteiger partial charge in [0.25, 0.3) is 5.89 Å². The molecule has 1 fully saturated rings. The summed E-state index contributed by atoms with van der Waals surface area (Å²) in [5, 5.41) is 4.28. The Morgan fingerprint density at radius 3 is 2.38 bits per heavy atom. The minimum Gasteiger partial charge on any atom is -0.334 e. The van der Waals surface area contributed by atoms with E-state index in [0.29, 0.717) is 17.9 Å². The van der Waals surface area contributed by atoms with Gasteiger partial charge in [-0.25, -0.2) is 0 Å². The van der Waals surface area contributed by atoms with Crippen LogP contribution in [0.1, 0.15) is 38.4 Å². The van der Waals surface area contributed by atoms with Crippen LogP contribution in [0.3, 0.4) is 0 Å². The quantitative estimate of drug-likeness (QED) is 0.667. The van der Waals surface area contributed by atoms with Crippen molar-refractivity contribution in [2.24, 2.45) is 0 Å². The van der Waals surface area contributed by atoms with E-state index in [9.17, 15) is 0 Å². The summed E-state index contributed by atoms with van der Waals surface area (Å²) >= 11 is 0. The van der Waals surface area contributed by atoms with Crippen molar-refractivity contribution < 1.29 is 4.52 Å². The van der Waals surface area contributed by atoms with Gasteiger partial charge in [0.2, 0.25) is 0 Å². The molecule has 4 heteroatoms. The van der Waals surface area contributed by atoms with Crippen LogP contribution >= 0.6 is 0 Å². The average molecular weight is 347 g/mol. The molecule has 0 saturated carbocycles. The van der Waals surface area contributed by atoms with Crippen LogP contribution < -0.4 is 0 Å². The molecule has 1 unspecified atom stereocenters. The summed E-state index contributed by atoms with van der Waals surface area (Å²) in [4.78, 5) is 7.19. The maximum absolute atomic E-state index is 5.57. The predicted octanol–water partition coefficient (Wildman–Crippen LogP) is 4.99. The van der Waals surface area contributed by atoms with Gasteiger partial charge in [-0.15, -0.1) is 0 Å². The van der Waals surface area contributed by atoms with Crippen LogP contribution in [0, 0.1) is 0 Å². The number of rotatable bonds is 4. The monoisotopic (exact) mass is 347 g/mol. The number of piperidine rings is 1. The molecule has 2 aromatic carbocycles. The molecule has 0 aliphatic carbocycles. The molecule has 1 aliphatic heterocycles. The van der Waals surface area contributed by atoms with E-state index in [4.69, 9.17) is 9.51 Å². The zero-order chi connectivity index (χ0) is 17.9. The van der Waals surface area contributed by atoms with Gasteiger partial charge in [-0.05, 0) is 56.5 Å². The van der Waals surface area contributed by atoms with Crippen molar-refractivity contribution in [1.29, 1.82) is 0 Å². The van der Waals surface area contributed by atoms with E-state index < -0.39 is 0 Å². The number of nitrogens with zero attached hydrogens (tertiary/aromatic N) is 3. The zero-order valence-corrected chi connectivity index (χ0v) is 15.4. The van der Waals surface area contributed by atoms with E-state index >= 15 is 0 Å². The van der Waals surface area contributed by atoms with Crippen LogP contribution in [0.25, 0.3) is 22.6 Å². The molecule has 2 heterocycles. The Bertz CT molecular complexity index is 839. The highest BCUT2D eigenvalue weighted by Crippen LogP contribution is 2.29. The minimum atomic E-state index is 0.368. The highest BCUT2D eigenvalue weighted by Gasteiger charge is 2.26. The van der Waals surface area contributed by atoms with Gasteiger partial charge in [0.1, 0.15) is 0 Å². The second-order valence-corrected chi connectivity index (χ2v) is 7.33. The molecule has 1 aromatic heterocycles. The van der Waals surface area contributed by atoms with Crippen LogP contribution in [0.5, 0.6) is 0 Å². The molecule has 1 saturated heterocycles. The fourth-order valence-corrected chi connectivity index (χ4v) is 3.64. The van der Waals surface area contributed by atoms with Crippen molar-refractivity contribution in [3.63, 3.8) is 0 Å². The molecule has 0 bridgehead atoms. The van der Waals surface area contributed by atoms with Crippen molar-refractivity contribution in [1.82, 2.24) is 15.0 Å². The normalized spacial score (nSPS) is 18.3. The van der Waals surface area contributed by atoms with Crippen LogP contribution in [0.15, 0.2) is 59.1 Å². The third-order valence-electron chi connectivity index (χ3n) is 5.23. The molecule has 0 N–H and O–H groups in total. The van der Waals surface area contributed by atoms with E-state index in [1.807, 2.05) is 6.07 Å². The van der Waals surface area contributed by atoms with Gasteiger partial charge < -0.3 is 9.42 Å². The van der Waals surface area contributed by atoms with Crippen LogP contribution in [-0.4, -0.2) is 34.2 Å². The Morgan fingerprint density at radius 1 is 0.962 bits per heavy atom. The summed E-state index contributed by atoms with van der Waals surface area (Å²) in [5.41, 5.74) is 3.37. The molecular formula is C22H25N3O. The lowest BCUT2D eigenvalue weighted by Crippen LogP contribution is -2.39. The molecule has 0 radical (unpaired) electrons. The van der Waals surface area contributed by atoms with Gasteiger partial charge in [-0.3, -0.25) is 0 Å². The number of benzene rings is 2. The maximum atomic E-state index is 5.57. The van der Waals surface area contributed by atoms with Gasteiger partial charge in [0.05, 0.1) is 0 Å². The van der Waals surface area contributed by atoms with E-state index in [1.54, 1.807) is 0 Å². The average Bonchev–Trinajstić information content (AvgIpc) is 3.19.